The van der Waals surface area contributed by atoms with Crippen molar-refractivity contribution in [2.75, 3.05) is 20.0 Å². The van der Waals surface area contributed by atoms with E-state index in [1.54, 1.807) is 0 Å². The van der Waals surface area contributed by atoms with Gasteiger partial charge in [0.1, 0.15) is 0 Å². The second-order valence-electron chi connectivity index (χ2n) is 0.500. The Labute approximate surface area is 130 Å². The second-order valence-corrected chi connectivity index (χ2v) is 1.50. The van der Waals surface area contributed by atoms with E-state index < -0.39 is 0 Å². The van der Waals surface area contributed by atoms with Crippen molar-refractivity contribution < 1.29 is 65.4 Å². The van der Waals surface area contributed by atoms with Gasteiger partial charge in [0.25, 0.3) is 0 Å². The molecule has 0 spiro atoms. The monoisotopic (exact) mass is 348 g/mol. The summed E-state index contributed by atoms with van der Waals surface area (Å²) < 4.78 is 0. The first kappa shape index (κ1) is 48.1. The van der Waals surface area contributed by atoms with E-state index in [0.717, 1.165) is 8.58 Å². The molecule has 0 fully saturated rings. The molecule has 0 amide bonds. The quantitative estimate of drug-likeness (QED) is 0.465. The van der Waals surface area contributed by atoms with Crippen LogP contribution in [0.3, 0.4) is 0 Å². The summed E-state index contributed by atoms with van der Waals surface area (Å²) in [5.41, 5.74) is 0. The van der Waals surface area contributed by atoms with Crippen molar-refractivity contribution in [3.8, 4) is 0 Å². The molecule has 0 bridgehead atoms. The van der Waals surface area contributed by atoms with Crippen LogP contribution in [0.15, 0.2) is 0 Å². The first-order valence-electron chi connectivity index (χ1n) is 2.58. The molecule has 0 aromatic heterocycles. The van der Waals surface area contributed by atoms with Crippen LogP contribution in [-0.4, -0.2) is 20.0 Å². The van der Waals surface area contributed by atoms with Gasteiger partial charge in [-0.2, -0.15) is 0 Å². The molecule has 1 unspecified atom stereocenters. The normalized spacial score (nSPS) is 2.73. The van der Waals surface area contributed by atoms with Crippen molar-refractivity contribution in [1.82, 2.24) is 0 Å². The van der Waals surface area contributed by atoms with Crippen molar-refractivity contribution in [1.29, 1.82) is 0 Å². The maximum atomic E-state index is 2.42. The topological polar surface area (TPSA) is 0 Å². The van der Waals surface area contributed by atoms with Crippen LogP contribution in [0, 0.1) is 14.9 Å². The molecule has 0 heterocycles. The van der Waals surface area contributed by atoms with Crippen LogP contribution in [0.1, 0.15) is 13.8 Å². The van der Waals surface area contributed by atoms with Gasteiger partial charge in [0.15, 0.2) is 0 Å². The average molecular weight is 348 g/mol. The van der Waals surface area contributed by atoms with Gasteiger partial charge < -0.3 is 14.9 Å². The van der Waals surface area contributed by atoms with Crippen molar-refractivity contribution in [2.45, 2.75) is 13.8 Å². The van der Waals surface area contributed by atoms with Crippen LogP contribution in [-0.2, 0) is 65.4 Å². The summed E-state index contributed by atoms with van der Waals surface area (Å²) in [4.78, 5) is 0. The van der Waals surface area contributed by atoms with E-state index in [1.807, 2.05) is 20.5 Å². The van der Waals surface area contributed by atoms with Crippen LogP contribution in [0.5, 0.6) is 0 Å². The van der Waals surface area contributed by atoms with Gasteiger partial charge in [0.2, 0.25) is 0 Å². The Morgan fingerprint density at radius 3 is 0.818 bits per heavy atom. The molecule has 0 nitrogen and oxygen atoms in total. The van der Waals surface area contributed by atoms with E-state index in [9.17, 15) is 0 Å². The Balaban J connectivity index is -0.00000000378. The molecule has 0 aliphatic rings. The summed E-state index contributed by atoms with van der Waals surface area (Å²) >= 11 is 0. The summed E-state index contributed by atoms with van der Waals surface area (Å²) in [6.45, 7) is 10.2. The van der Waals surface area contributed by atoms with E-state index >= 15 is 0 Å². The van der Waals surface area contributed by atoms with E-state index in [2.05, 4.69) is 22.6 Å². The molecular weight excluding hydrogens is 324 g/mol. The third-order valence-corrected chi connectivity index (χ3v) is 0. The zero-order chi connectivity index (χ0) is 6.71. The predicted octanol–water partition coefficient (Wildman–Crippen LogP) is 3.34. The minimum absolute atomic E-state index is 0. The largest absolute Gasteiger partial charge is 0.358 e. The molecule has 2 radical (unpaired) electrons. The van der Waals surface area contributed by atoms with Crippen molar-refractivity contribution in [3.63, 3.8) is 0 Å². The molecule has 0 N–H and O–H groups in total. The fourth-order valence-electron chi connectivity index (χ4n) is 0. The summed E-state index contributed by atoms with van der Waals surface area (Å²) in [5, 5.41) is 0. The van der Waals surface area contributed by atoms with E-state index in [4.69, 9.17) is 0 Å². The molecule has 70 valence electrons. The molecule has 0 saturated carbocycles. The summed E-state index contributed by atoms with van der Waals surface area (Å²) in [7, 11) is 3.50. The van der Waals surface area contributed by atoms with Crippen molar-refractivity contribution in [2.24, 2.45) is 0 Å². The predicted molar refractivity (Wildman–Crippen MR) is 60.0 cm³/mol. The summed E-state index contributed by atoms with van der Waals surface area (Å²) in [6.07, 6.45) is 0. The Hall–Kier alpha value is 3.07. The molecule has 0 aliphatic heterocycles. The third kappa shape index (κ3) is 170. The Morgan fingerprint density at radius 1 is 0.818 bits per heavy atom. The third-order valence-electron chi connectivity index (χ3n) is 0. The Morgan fingerprint density at radius 2 is 0.818 bits per heavy atom. The fraction of sp³-hybridized carbons (Fsp3) is 0.714. The first-order chi connectivity index (χ1) is 3.41. The van der Waals surface area contributed by atoms with E-state index in [1.165, 1.54) is 0 Å². The Bertz CT molecular complexity index is 14.4. The van der Waals surface area contributed by atoms with Crippen LogP contribution < -0.4 is 0 Å². The fourth-order valence-corrected chi connectivity index (χ4v) is 0. The van der Waals surface area contributed by atoms with Gasteiger partial charge in [-0.1, -0.05) is 20.5 Å². The smallest absolute Gasteiger partial charge is 0 e. The van der Waals surface area contributed by atoms with Crippen molar-refractivity contribution >= 4 is 17.8 Å². The van der Waals surface area contributed by atoms with Crippen LogP contribution in [0.4, 0.5) is 0 Å². The molecule has 4 heteroatoms. The van der Waals surface area contributed by atoms with Crippen LogP contribution >= 0.6 is 17.8 Å². The maximum absolute atomic E-state index is 2.42. The summed E-state index contributed by atoms with van der Waals surface area (Å²) in [5.74, 6) is 0. The van der Waals surface area contributed by atoms with Gasteiger partial charge >= 0.3 is 0 Å². The van der Waals surface area contributed by atoms with Gasteiger partial charge in [0, 0.05) is 65.4 Å². The minimum atomic E-state index is 0. The molecule has 1 atom stereocenters. The van der Waals surface area contributed by atoms with Crippen LogP contribution in [0.2, 0.25) is 0 Å². The standard InChI is InChI=1S/C2H7P.C2H6.CH5P.2CH3.2Y/c1-3-2;2*1-2;;;;/h3H,1-2H3;1-2H3;2H2,1H3;2*1H3;;/q;;;2*-1;;. The molecule has 11 heavy (non-hydrogen) atoms. The zero-order valence-corrected chi connectivity index (χ0v) is 17.1. The molecule has 0 aliphatic carbocycles. The Kier molecular flexibility index (Phi) is 503. The molecule has 0 aromatic rings. The molecule has 0 aromatic carbocycles. The van der Waals surface area contributed by atoms with Gasteiger partial charge in [-0.25, -0.2) is 0 Å². The minimum Gasteiger partial charge on any atom is -0.358 e. The number of rotatable bonds is 0. The van der Waals surface area contributed by atoms with Crippen molar-refractivity contribution in [3.05, 3.63) is 14.9 Å². The molecular formula is C7H24P2Y2-2. The zero-order valence-electron chi connectivity index (χ0n) is 9.23. The van der Waals surface area contributed by atoms with Crippen LogP contribution in [0.25, 0.3) is 0 Å². The SMILES string of the molecule is CC.CP.CPC.[CH3-].[CH3-].[Y].[Y]. The van der Waals surface area contributed by atoms with Gasteiger partial charge in [-0.3, -0.25) is 0 Å². The average Bonchev–Trinajstić information content (AvgIpc) is 1.78. The van der Waals surface area contributed by atoms with Gasteiger partial charge in [-0.15, -0.1) is 17.8 Å². The van der Waals surface area contributed by atoms with E-state index in [-0.39, 0.29) is 80.3 Å². The molecule has 0 saturated heterocycles. The molecule has 0 rings (SSSR count). The number of hydrogen-bond donors (Lipinski definition) is 0. The van der Waals surface area contributed by atoms with Gasteiger partial charge in [0.05, 0.1) is 0 Å². The number of hydrogen-bond acceptors (Lipinski definition) is 0. The first-order valence-corrected chi connectivity index (χ1v) is 5.73. The second kappa shape index (κ2) is 115. The van der Waals surface area contributed by atoms with E-state index in [0.29, 0.717) is 0 Å². The summed E-state index contributed by atoms with van der Waals surface area (Å²) in [6, 6.07) is 0. The maximum Gasteiger partial charge on any atom is 0 e. The van der Waals surface area contributed by atoms with Gasteiger partial charge in [-0.05, 0) is 13.3 Å².